The summed E-state index contributed by atoms with van der Waals surface area (Å²) in [7, 11) is 2.21. The Morgan fingerprint density at radius 3 is 2.75 bits per heavy atom. The number of rotatable bonds is 3. The lowest BCUT2D eigenvalue weighted by atomic mass is 9.84. The number of likely N-dealkylation sites (N-methyl/N-ethyl adjacent to an activating group) is 1. The van der Waals surface area contributed by atoms with Gasteiger partial charge in [0, 0.05) is 25.0 Å². The quantitative estimate of drug-likeness (QED) is 0.795. The normalized spacial score (nSPS) is 34.8. The minimum atomic E-state index is -0.179. The Kier molecular flexibility index (Phi) is 4.43. The summed E-state index contributed by atoms with van der Waals surface area (Å²) >= 11 is 0. The third-order valence-corrected chi connectivity index (χ3v) is 4.91. The first-order chi connectivity index (χ1) is 9.39. The summed E-state index contributed by atoms with van der Waals surface area (Å²) < 4.78 is 0. The topological polar surface area (TPSA) is 28.1 Å². The molecule has 2 aliphatic heterocycles. The summed E-state index contributed by atoms with van der Waals surface area (Å²) in [6.45, 7) is 13.8. The van der Waals surface area contributed by atoms with Crippen molar-refractivity contribution in [3.63, 3.8) is 0 Å². The standard InChI is InChI=1S/C16H29N3O/c1-7-19(12(2)3)15-11-18(6)14(5)8-9-16(15)10-13(4)17-20-16/h7,12,14-15H,1,8-11H2,2-6H3/t14-,15+,16-/m0/s1. The summed E-state index contributed by atoms with van der Waals surface area (Å²) in [5.41, 5.74) is 0.932. The summed E-state index contributed by atoms with van der Waals surface area (Å²) in [6.07, 6.45) is 5.12. The maximum absolute atomic E-state index is 5.99. The molecule has 114 valence electrons. The van der Waals surface area contributed by atoms with Gasteiger partial charge in [-0.3, -0.25) is 0 Å². The first-order valence-electron chi connectivity index (χ1n) is 7.71. The van der Waals surface area contributed by atoms with E-state index in [1.807, 2.05) is 6.20 Å². The molecule has 0 aromatic rings. The third kappa shape index (κ3) is 2.71. The highest BCUT2D eigenvalue weighted by Gasteiger charge is 2.50. The van der Waals surface area contributed by atoms with Gasteiger partial charge < -0.3 is 14.6 Å². The van der Waals surface area contributed by atoms with Gasteiger partial charge in [-0.25, -0.2) is 0 Å². The SMILES string of the molecule is C=CN(C(C)C)[C@@H]1CN(C)[C@@H](C)CC[C@]12CC(C)=NO2. The Morgan fingerprint density at radius 2 is 2.25 bits per heavy atom. The van der Waals surface area contributed by atoms with Gasteiger partial charge in [0.25, 0.3) is 0 Å². The molecule has 0 N–H and O–H groups in total. The molecule has 0 aromatic carbocycles. The fourth-order valence-electron chi connectivity index (χ4n) is 3.50. The van der Waals surface area contributed by atoms with E-state index in [1.54, 1.807) is 0 Å². The molecule has 0 bridgehead atoms. The van der Waals surface area contributed by atoms with Crippen LogP contribution in [0.15, 0.2) is 17.9 Å². The number of oxime groups is 1. The molecule has 0 unspecified atom stereocenters. The van der Waals surface area contributed by atoms with Crippen LogP contribution >= 0.6 is 0 Å². The fraction of sp³-hybridized carbons (Fsp3) is 0.812. The van der Waals surface area contributed by atoms with Gasteiger partial charge in [0.05, 0.1) is 11.8 Å². The predicted molar refractivity (Wildman–Crippen MR) is 83.8 cm³/mol. The maximum Gasteiger partial charge on any atom is 0.164 e. The zero-order valence-corrected chi connectivity index (χ0v) is 13.6. The van der Waals surface area contributed by atoms with E-state index in [2.05, 4.69) is 56.3 Å². The molecule has 1 spiro atoms. The van der Waals surface area contributed by atoms with Crippen LogP contribution in [0, 0.1) is 0 Å². The van der Waals surface area contributed by atoms with Gasteiger partial charge in [-0.2, -0.15) is 0 Å². The number of hydrogen-bond acceptors (Lipinski definition) is 4. The van der Waals surface area contributed by atoms with Crippen molar-refractivity contribution < 1.29 is 4.84 Å². The second-order valence-corrected chi connectivity index (χ2v) is 6.73. The molecule has 0 aliphatic carbocycles. The molecule has 2 aliphatic rings. The van der Waals surface area contributed by atoms with Gasteiger partial charge >= 0.3 is 0 Å². The van der Waals surface area contributed by atoms with Crippen molar-refractivity contribution in [3.8, 4) is 0 Å². The second kappa shape index (κ2) is 5.76. The number of hydrogen-bond donors (Lipinski definition) is 0. The van der Waals surface area contributed by atoms with Gasteiger partial charge in [-0.1, -0.05) is 11.7 Å². The van der Waals surface area contributed by atoms with Crippen molar-refractivity contribution in [3.05, 3.63) is 12.8 Å². The molecular weight excluding hydrogens is 250 g/mol. The fourth-order valence-corrected chi connectivity index (χ4v) is 3.50. The van der Waals surface area contributed by atoms with Crippen LogP contribution < -0.4 is 0 Å². The van der Waals surface area contributed by atoms with E-state index in [4.69, 9.17) is 4.84 Å². The van der Waals surface area contributed by atoms with E-state index in [1.165, 1.54) is 0 Å². The van der Waals surface area contributed by atoms with E-state index < -0.39 is 0 Å². The van der Waals surface area contributed by atoms with Crippen LogP contribution in [0.4, 0.5) is 0 Å². The summed E-state index contributed by atoms with van der Waals surface area (Å²) in [5.74, 6) is 0. The van der Waals surface area contributed by atoms with Crippen LogP contribution in [0.1, 0.15) is 47.0 Å². The van der Waals surface area contributed by atoms with Crippen LogP contribution in [0.25, 0.3) is 0 Å². The molecule has 1 saturated heterocycles. The average Bonchev–Trinajstić information content (AvgIpc) is 2.72. The molecule has 20 heavy (non-hydrogen) atoms. The first kappa shape index (κ1) is 15.4. The number of nitrogens with zero attached hydrogens (tertiary/aromatic N) is 3. The van der Waals surface area contributed by atoms with E-state index in [0.717, 1.165) is 31.5 Å². The number of likely N-dealkylation sites (tertiary alicyclic amines) is 1. The lowest BCUT2D eigenvalue weighted by Crippen LogP contribution is -2.56. The molecule has 1 fully saturated rings. The van der Waals surface area contributed by atoms with Crippen LogP contribution in [0.2, 0.25) is 0 Å². The zero-order chi connectivity index (χ0) is 14.9. The van der Waals surface area contributed by atoms with E-state index in [0.29, 0.717) is 18.1 Å². The lowest BCUT2D eigenvalue weighted by Gasteiger charge is -2.43. The van der Waals surface area contributed by atoms with Gasteiger partial charge in [0.1, 0.15) is 0 Å². The summed E-state index contributed by atoms with van der Waals surface area (Å²) in [5, 5.41) is 4.27. The minimum Gasteiger partial charge on any atom is -0.387 e. The zero-order valence-electron chi connectivity index (χ0n) is 13.6. The molecule has 0 saturated carbocycles. The molecule has 0 amide bonds. The highest BCUT2D eigenvalue weighted by Crippen LogP contribution is 2.39. The maximum atomic E-state index is 5.99. The van der Waals surface area contributed by atoms with E-state index in [9.17, 15) is 0 Å². The third-order valence-electron chi connectivity index (χ3n) is 4.91. The largest absolute Gasteiger partial charge is 0.387 e. The Morgan fingerprint density at radius 1 is 1.55 bits per heavy atom. The predicted octanol–water partition coefficient (Wildman–Crippen LogP) is 2.86. The summed E-state index contributed by atoms with van der Waals surface area (Å²) in [6, 6.07) is 1.30. The van der Waals surface area contributed by atoms with Crippen molar-refractivity contribution >= 4 is 5.71 Å². The van der Waals surface area contributed by atoms with Gasteiger partial charge in [-0.05, 0) is 53.8 Å². The summed E-state index contributed by atoms with van der Waals surface area (Å²) in [4.78, 5) is 10.8. The minimum absolute atomic E-state index is 0.179. The molecule has 3 atom stereocenters. The van der Waals surface area contributed by atoms with Crippen molar-refractivity contribution in [2.24, 2.45) is 5.16 Å². The molecule has 0 radical (unpaired) electrons. The van der Waals surface area contributed by atoms with Crippen molar-refractivity contribution in [2.45, 2.75) is 70.7 Å². The highest BCUT2D eigenvalue weighted by molar-refractivity contribution is 5.83. The smallest absolute Gasteiger partial charge is 0.164 e. The Bertz CT molecular complexity index is 393. The second-order valence-electron chi connectivity index (χ2n) is 6.73. The van der Waals surface area contributed by atoms with Crippen molar-refractivity contribution in [1.29, 1.82) is 0 Å². The molecule has 4 nitrogen and oxygen atoms in total. The Labute approximate surface area is 123 Å². The highest BCUT2D eigenvalue weighted by atomic mass is 16.7. The van der Waals surface area contributed by atoms with E-state index in [-0.39, 0.29) is 5.60 Å². The van der Waals surface area contributed by atoms with Crippen LogP contribution in [0.3, 0.4) is 0 Å². The van der Waals surface area contributed by atoms with Crippen LogP contribution in [-0.4, -0.2) is 52.8 Å². The molecule has 0 aromatic heterocycles. The monoisotopic (exact) mass is 279 g/mol. The first-order valence-corrected chi connectivity index (χ1v) is 7.71. The average molecular weight is 279 g/mol. The van der Waals surface area contributed by atoms with Crippen LogP contribution in [-0.2, 0) is 4.84 Å². The molecule has 2 rings (SSSR count). The van der Waals surface area contributed by atoms with Gasteiger partial charge in [0.15, 0.2) is 5.60 Å². The van der Waals surface area contributed by atoms with E-state index >= 15 is 0 Å². The molecule has 4 heteroatoms. The Hall–Kier alpha value is -1.03. The van der Waals surface area contributed by atoms with Crippen molar-refractivity contribution in [1.82, 2.24) is 9.80 Å². The molecular formula is C16H29N3O. The lowest BCUT2D eigenvalue weighted by molar-refractivity contribution is -0.0820. The van der Waals surface area contributed by atoms with Gasteiger partial charge in [-0.15, -0.1) is 0 Å². The Balaban J connectivity index is 2.32. The molecule has 2 heterocycles. The van der Waals surface area contributed by atoms with Crippen molar-refractivity contribution in [2.75, 3.05) is 13.6 Å². The van der Waals surface area contributed by atoms with Gasteiger partial charge in [0.2, 0.25) is 0 Å². The van der Waals surface area contributed by atoms with Crippen LogP contribution in [0.5, 0.6) is 0 Å².